The minimum Gasteiger partial charge on any atom is -0.309 e. The molecule has 0 N–H and O–H groups in total. The minimum absolute atomic E-state index is 1.15. The second-order valence-corrected chi connectivity index (χ2v) is 16.5. The SMILES string of the molecule is c1ccc(-c2ccc(-n3c4ccccc4c4cc(-c5ccccc5-n5c6ccccc6c6c5ccc5c7ccccc7n(-c7ccccc7)c56)ccc43)c(-c3ccccc3)c2)cc1. The van der Waals surface area contributed by atoms with E-state index in [1.807, 2.05) is 0 Å². The van der Waals surface area contributed by atoms with Crippen LogP contribution in [0.25, 0.3) is 116 Å². The van der Waals surface area contributed by atoms with Crippen LogP contribution < -0.4 is 0 Å². The molecule has 3 heteroatoms. The highest BCUT2D eigenvalue weighted by molar-refractivity contribution is 6.26. The van der Waals surface area contributed by atoms with E-state index in [2.05, 4.69) is 250 Å². The summed E-state index contributed by atoms with van der Waals surface area (Å²) >= 11 is 0. The number of nitrogens with zero attached hydrogens (tertiary/aromatic N) is 3. The third-order valence-corrected chi connectivity index (χ3v) is 13.0. The predicted octanol–water partition coefficient (Wildman–Crippen LogP) is 16.0. The molecule has 63 heavy (non-hydrogen) atoms. The maximum absolute atomic E-state index is 2.49. The summed E-state index contributed by atoms with van der Waals surface area (Å²) in [4.78, 5) is 0. The number of rotatable bonds is 6. The lowest BCUT2D eigenvalue weighted by atomic mass is 9.97. The van der Waals surface area contributed by atoms with Crippen molar-refractivity contribution in [1.29, 1.82) is 0 Å². The normalized spacial score (nSPS) is 11.8. The molecule has 0 saturated heterocycles. The fourth-order valence-electron chi connectivity index (χ4n) is 10.3. The van der Waals surface area contributed by atoms with Gasteiger partial charge < -0.3 is 13.7 Å². The lowest BCUT2D eigenvalue weighted by Gasteiger charge is -2.17. The number of para-hydroxylation sites is 5. The van der Waals surface area contributed by atoms with Gasteiger partial charge >= 0.3 is 0 Å². The standard InChI is InChI=1S/C60H39N3/c1-4-18-40(19-5-1)42-32-35-56(50(38-42)41-20-6-2-7-21-41)62-54-30-16-12-26-47(54)51-39-43(33-36-57(51)62)45-24-10-14-28-52(45)63-55-31-17-13-27-49(55)59-58(63)37-34-48-46-25-11-15-29-53(46)61(60(48)59)44-22-8-3-9-23-44/h1-39H. The van der Waals surface area contributed by atoms with Crippen molar-refractivity contribution in [3.05, 3.63) is 237 Å². The molecule has 13 rings (SSSR count). The second kappa shape index (κ2) is 14.1. The fraction of sp³-hybridized carbons (Fsp3) is 0. The molecule has 0 aliphatic carbocycles. The summed E-state index contributed by atoms with van der Waals surface area (Å²) in [5.41, 5.74) is 17.8. The van der Waals surface area contributed by atoms with Crippen molar-refractivity contribution < 1.29 is 0 Å². The van der Waals surface area contributed by atoms with Crippen molar-refractivity contribution in [2.45, 2.75) is 0 Å². The molecule has 0 unspecified atom stereocenters. The van der Waals surface area contributed by atoms with Crippen LogP contribution >= 0.6 is 0 Å². The molecule has 3 aromatic heterocycles. The third-order valence-electron chi connectivity index (χ3n) is 13.0. The zero-order valence-corrected chi connectivity index (χ0v) is 34.4. The van der Waals surface area contributed by atoms with Crippen LogP contribution in [0, 0.1) is 0 Å². The topological polar surface area (TPSA) is 14.8 Å². The lowest BCUT2D eigenvalue weighted by molar-refractivity contribution is 1.17. The number of fused-ring (bicyclic) bond motifs is 10. The number of benzene rings is 10. The van der Waals surface area contributed by atoms with E-state index in [-0.39, 0.29) is 0 Å². The first kappa shape index (κ1) is 35.4. The van der Waals surface area contributed by atoms with E-state index in [0.717, 1.165) is 17.1 Å². The van der Waals surface area contributed by atoms with Gasteiger partial charge in [-0.15, -0.1) is 0 Å². The molecule has 13 aromatic rings. The molecule has 0 bridgehead atoms. The number of hydrogen-bond acceptors (Lipinski definition) is 0. The van der Waals surface area contributed by atoms with Gasteiger partial charge in [0.1, 0.15) is 0 Å². The van der Waals surface area contributed by atoms with Crippen LogP contribution in [0.3, 0.4) is 0 Å². The van der Waals surface area contributed by atoms with E-state index in [0.29, 0.717) is 0 Å². The highest BCUT2D eigenvalue weighted by Gasteiger charge is 2.23. The highest BCUT2D eigenvalue weighted by Crippen LogP contribution is 2.45. The quantitative estimate of drug-likeness (QED) is 0.159. The van der Waals surface area contributed by atoms with Crippen molar-refractivity contribution in [1.82, 2.24) is 13.7 Å². The van der Waals surface area contributed by atoms with Crippen LogP contribution in [-0.4, -0.2) is 13.7 Å². The van der Waals surface area contributed by atoms with Gasteiger partial charge in [-0.25, -0.2) is 0 Å². The van der Waals surface area contributed by atoms with Gasteiger partial charge in [0, 0.05) is 49.1 Å². The Balaban J connectivity index is 1.04. The Labute approximate surface area is 364 Å². The Morgan fingerprint density at radius 3 is 1.49 bits per heavy atom. The van der Waals surface area contributed by atoms with Crippen LogP contribution in [-0.2, 0) is 0 Å². The second-order valence-electron chi connectivity index (χ2n) is 16.5. The monoisotopic (exact) mass is 801 g/mol. The molecule has 10 aromatic carbocycles. The summed E-state index contributed by atoms with van der Waals surface area (Å²) in [5, 5.41) is 7.45. The Bertz CT molecular complexity index is 3890. The Morgan fingerprint density at radius 1 is 0.238 bits per heavy atom. The molecule has 294 valence electrons. The first-order chi connectivity index (χ1) is 31.3. The first-order valence-corrected chi connectivity index (χ1v) is 21.7. The summed E-state index contributed by atoms with van der Waals surface area (Å²) in [7, 11) is 0. The Kier molecular flexibility index (Phi) is 7.91. The summed E-state index contributed by atoms with van der Waals surface area (Å²) in [6, 6.07) is 86.4. The molecule has 0 radical (unpaired) electrons. The number of hydrogen-bond donors (Lipinski definition) is 0. The van der Waals surface area contributed by atoms with Gasteiger partial charge in [0.2, 0.25) is 0 Å². The van der Waals surface area contributed by atoms with Gasteiger partial charge in [-0.2, -0.15) is 0 Å². The van der Waals surface area contributed by atoms with E-state index in [4.69, 9.17) is 0 Å². The van der Waals surface area contributed by atoms with Crippen molar-refractivity contribution in [3.63, 3.8) is 0 Å². The zero-order chi connectivity index (χ0) is 41.4. The summed E-state index contributed by atoms with van der Waals surface area (Å²) in [5.74, 6) is 0. The van der Waals surface area contributed by atoms with E-state index in [1.165, 1.54) is 98.8 Å². The molecular weight excluding hydrogens is 763 g/mol. The average molecular weight is 802 g/mol. The van der Waals surface area contributed by atoms with Gasteiger partial charge in [0.15, 0.2) is 0 Å². The minimum atomic E-state index is 1.15. The van der Waals surface area contributed by atoms with Crippen LogP contribution in [0.5, 0.6) is 0 Å². The molecule has 0 spiro atoms. The average Bonchev–Trinajstić information content (AvgIpc) is 4.00. The zero-order valence-electron chi connectivity index (χ0n) is 34.4. The molecule has 3 heterocycles. The largest absolute Gasteiger partial charge is 0.309 e. The number of aromatic nitrogens is 3. The molecule has 0 aliphatic heterocycles. The van der Waals surface area contributed by atoms with Crippen LogP contribution in [0.2, 0.25) is 0 Å². The van der Waals surface area contributed by atoms with E-state index in [1.54, 1.807) is 0 Å². The van der Waals surface area contributed by atoms with E-state index in [9.17, 15) is 0 Å². The maximum atomic E-state index is 2.49. The molecule has 0 aliphatic rings. The van der Waals surface area contributed by atoms with Crippen molar-refractivity contribution in [3.8, 4) is 50.4 Å². The van der Waals surface area contributed by atoms with Crippen molar-refractivity contribution in [2.24, 2.45) is 0 Å². The van der Waals surface area contributed by atoms with E-state index >= 15 is 0 Å². The Morgan fingerprint density at radius 2 is 0.746 bits per heavy atom. The van der Waals surface area contributed by atoms with Crippen molar-refractivity contribution >= 4 is 65.4 Å². The predicted molar refractivity (Wildman–Crippen MR) is 266 cm³/mol. The molecule has 0 fully saturated rings. The smallest absolute Gasteiger partial charge is 0.0641 e. The van der Waals surface area contributed by atoms with Crippen LogP contribution in [0.1, 0.15) is 0 Å². The van der Waals surface area contributed by atoms with Gasteiger partial charge in [-0.05, 0) is 89.0 Å². The lowest BCUT2D eigenvalue weighted by Crippen LogP contribution is -1.98. The molecule has 3 nitrogen and oxygen atoms in total. The first-order valence-electron chi connectivity index (χ1n) is 21.7. The summed E-state index contributed by atoms with van der Waals surface area (Å²) < 4.78 is 7.40. The summed E-state index contributed by atoms with van der Waals surface area (Å²) in [6.45, 7) is 0. The molecular formula is C60H39N3. The van der Waals surface area contributed by atoms with Gasteiger partial charge in [0.25, 0.3) is 0 Å². The van der Waals surface area contributed by atoms with Gasteiger partial charge in [-0.3, -0.25) is 0 Å². The molecule has 0 atom stereocenters. The molecule has 0 amide bonds. The fourth-order valence-corrected chi connectivity index (χ4v) is 10.3. The van der Waals surface area contributed by atoms with Gasteiger partial charge in [-0.1, -0.05) is 170 Å². The highest BCUT2D eigenvalue weighted by atomic mass is 15.0. The van der Waals surface area contributed by atoms with Crippen LogP contribution in [0.4, 0.5) is 0 Å². The van der Waals surface area contributed by atoms with Gasteiger partial charge in [0.05, 0.1) is 44.5 Å². The Hall–Kier alpha value is -8.40. The third kappa shape index (κ3) is 5.40. The van der Waals surface area contributed by atoms with Crippen LogP contribution in [0.15, 0.2) is 237 Å². The van der Waals surface area contributed by atoms with E-state index < -0.39 is 0 Å². The maximum Gasteiger partial charge on any atom is 0.0641 e. The molecule has 0 saturated carbocycles. The van der Waals surface area contributed by atoms with Crippen molar-refractivity contribution in [2.75, 3.05) is 0 Å². The summed E-state index contributed by atoms with van der Waals surface area (Å²) in [6.07, 6.45) is 0.